The first kappa shape index (κ1) is 21.8. The molecule has 0 aromatic rings. The van der Waals surface area contributed by atoms with E-state index >= 15 is 0 Å². The van der Waals surface area contributed by atoms with E-state index in [2.05, 4.69) is 11.8 Å². The molecule has 1 heterocycles. The molecule has 1 aliphatic heterocycles. The zero-order valence-corrected chi connectivity index (χ0v) is 17.1. The third kappa shape index (κ3) is 6.52. The number of likely N-dealkylation sites (tertiary alicyclic amines) is 1. The molecule has 1 aliphatic rings. The normalized spacial score (nSPS) is 20.5. The number of hydrazone groups is 1. The fraction of sp³-hybridized carbons (Fsp3) is 0.765. The molecule has 144 valence electrons. The molecule has 0 bridgehead atoms. The summed E-state index contributed by atoms with van der Waals surface area (Å²) in [6, 6.07) is 0. The summed E-state index contributed by atoms with van der Waals surface area (Å²) in [5.41, 5.74) is -0.810. The van der Waals surface area contributed by atoms with Crippen LogP contribution in [0.2, 0.25) is 0 Å². The van der Waals surface area contributed by atoms with Gasteiger partial charge >= 0.3 is 6.09 Å². The lowest BCUT2D eigenvalue weighted by Crippen LogP contribution is -2.45. The molecule has 0 aliphatic carbocycles. The van der Waals surface area contributed by atoms with Gasteiger partial charge in [-0.2, -0.15) is 5.10 Å². The Bertz CT molecular complexity index is 503. The summed E-state index contributed by atoms with van der Waals surface area (Å²) in [4.78, 5) is 14.2. The van der Waals surface area contributed by atoms with Crippen LogP contribution >= 0.6 is 11.9 Å². The number of carbonyl (C=O) groups excluding carboxylic acids is 1. The van der Waals surface area contributed by atoms with Gasteiger partial charge in [-0.3, -0.25) is 10.1 Å². The molecule has 8 heteroatoms. The minimum atomic E-state index is -0.509. The van der Waals surface area contributed by atoms with Crippen molar-refractivity contribution >= 4 is 24.8 Å². The van der Waals surface area contributed by atoms with Crippen LogP contribution in [0.1, 0.15) is 48.0 Å². The molecule has 1 atom stereocenters. The van der Waals surface area contributed by atoms with Crippen molar-refractivity contribution in [3.8, 4) is 0 Å². The van der Waals surface area contributed by atoms with Crippen LogP contribution in [0.3, 0.4) is 0 Å². The van der Waals surface area contributed by atoms with E-state index in [1.54, 1.807) is 9.91 Å². The SMILES string of the molecule is C=NN(CCOC1CN(C(=O)OC(C)(C)C)C(C)(C)C1)/C(=C\C)SN. The molecule has 0 aromatic heterocycles. The average Bonchev–Trinajstić information content (AvgIpc) is 2.79. The maximum absolute atomic E-state index is 12.4. The highest BCUT2D eigenvalue weighted by molar-refractivity contribution is 8.00. The Morgan fingerprint density at radius 1 is 1.52 bits per heavy atom. The van der Waals surface area contributed by atoms with Crippen molar-refractivity contribution in [3.63, 3.8) is 0 Å². The largest absolute Gasteiger partial charge is 0.444 e. The predicted octanol–water partition coefficient (Wildman–Crippen LogP) is 3.18. The molecule has 0 spiro atoms. The van der Waals surface area contributed by atoms with Gasteiger partial charge in [-0.05, 0) is 59.9 Å². The first-order valence-corrected chi connectivity index (χ1v) is 9.31. The molecule has 0 radical (unpaired) electrons. The smallest absolute Gasteiger partial charge is 0.410 e. The van der Waals surface area contributed by atoms with Gasteiger partial charge in [0.05, 0.1) is 25.8 Å². The Labute approximate surface area is 155 Å². The van der Waals surface area contributed by atoms with Gasteiger partial charge in [0.25, 0.3) is 0 Å². The van der Waals surface area contributed by atoms with Crippen LogP contribution in [0.4, 0.5) is 4.79 Å². The molecule has 1 fully saturated rings. The lowest BCUT2D eigenvalue weighted by molar-refractivity contribution is 0.00962. The standard InChI is InChI=1S/C17H32N4O3S/c1-8-14(25-18)21(19-7)9-10-23-13-11-17(5,6)20(12-13)15(22)24-16(2,3)4/h8,13H,7,9-12,18H2,1-6H3/b14-8+. The van der Waals surface area contributed by atoms with E-state index in [-0.39, 0.29) is 17.7 Å². The van der Waals surface area contributed by atoms with Gasteiger partial charge in [0, 0.05) is 12.3 Å². The van der Waals surface area contributed by atoms with Gasteiger partial charge in [0.15, 0.2) is 0 Å². The zero-order valence-electron chi connectivity index (χ0n) is 16.2. The molecule has 25 heavy (non-hydrogen) atoms. The van der Waals surface area contributed by atoms with Crippen molar-refractivity contribution in [3.05, 3.63) is 11.1 Å². The number of hydrogen-bond donors (Lipinski definition) is 1. The zero-order chi connectivity index (χ0) is 19.3. The van der Waals surface area contributed by atoms with Gasteiger partial charge in [0.2, 0.25) is 0 Å². The summed E-state index contributed by atoms with van der Waals surface area (Å²) in [6.07, 6.45) is 2.31. The lowest BCUT2D eigenvalue weighted by atomic mass is 10.0. The summed E-state index contributed by atoms with van der Waals surface area (Å²) in [5.74, 6) is 0. The van der Waals surface area contributed by atoms with Gasteiger partial charge in [-0.25, -0.2) is 4.79 Å². The maximum atomic E-state index is 12.4. The second kappa shape index (κ2) is 8.91. The van der Waals surface area contributed by atoms with Crippen LogP contribution < -0.4 is 5.14 Å². The fourth-order valence-electron chi connectivity index (χ4n) is 2.77. The Morgan fingerprint density at radius 3 is 2.64 bits per heavy atom. The fourth-order valence-corrected chi connectivity index (χ4v) is 3.17. The first-order chi connectivity index (χ1) is 11.5. The Morgan fingerprint density at radius 2 is 2.16 bits per heavy atom. The number of ether oxygens (including phenoxy) is 2. The van der Waals surface area contributed by atoms with Crippen molar-refractivity contribution < 1.29 is 14.3 Å². The third-order valence-electron chi connectivity index (χ3n) is 3.91. The summed E-state index contributed by atoms with van der Waals surface area (Å²) in [6.45, 7) is 16.7. The Hall–Kier alpha value is -1.25. The van der Waals surface area contributed by atoms with Crippen molar-refractivity contribution in [1.29, 1.82) is 0 Å². The second-order valence-corrected chi connectivity index (χ2v) is 8.26. The number of allylic oxidation sites excluding steroid dienone is 1. The van der Waals surface area contributed by atoms with Gasteiger partial charge in [-0.15, -0.1) is 0 Å². The highest BCUT2D eigenvalue weighted by Crippen LogP contribution is 2.31. The van der Waals surface area contributed by atoms with Crippen molar-refractivity contribution in [1.82, 2.24) is 9.91 Å². The van der Waals surface area contributed by atoms with Crippen molar-refractivity contribution in [2.24, 2.45) is 10.2 Å². The molecule has 1 unspecified atom stereocenters. The number of hydrogen-bond acceptors (Lipinski definition) is 7. The van der Waals surface area contributed by atoms with E-state index in [0.29, 0.717) is 19.7 Å². The average molecular weight is 373 g/mol. The van der Waals surface area contributed by atoms with Crippen molar-refractivity contribution in [2.45, 2.75) is 65.2 Å². The first-order valence-electron chi connectivity index (χ1n) is 8.43. The minimum absolute atomic E-state index is 0.0335. The van der Waals surface area contributed by atoms with E-state index in [0.717, 1.165) is 23.4 Å². The molecule has 1 rings (SSSR count). The van der Waals surface area contributed by atoms with Crippen LogP contribution in [0, 0.1) is 0 Å². The van der Waals surface area contributed by atoms with Crippen LogP contribution in [0.5, 0.6) is 0 Å². The van der Waals surface area contributed by atoms with Crippen molar-refractivity contribution in [2.75, 3.05) is 19.7 Å². The topological polar surface area (TPSA) is 80.4 Å². The maximum Gasteiger partial charge on any atom is 0.410 e. The second-order valence-electron chi connectivity index (χ2n) is 7.61. The highest BCUT2D eigenvalue weighted by atomic mass is 32.2. The van der Waals surface area contributed by atoms with Gasteiger partial charge in [-0.1, -0.05) is 6.08 Å². The molecular weight excluding hydrogens is 340 g/mol. The number of amides is 1. The summed E-state index contributed by atoms with van der Waals surface area (Å²) in [5, 5.41) is 12.1. The molecular formula is C17H32N4O3S. The minimum Gasteiger partial charge on any atom is -0.444 e. The van der Waals surface area contributed by atoms with E-state index in [4.69, 9.17) is 14.6 Å². The quantitative estimate of drug-likeness (QED) is 0.420. The molecule has 1 amide bonds. The number of rotatable bonds is 7. The number of nitrogens with two attached hydrogens (primary N) is 1. The molecule has 0 saturated carbocycles. The van der Waals surface area contributed by atoms with E-state index < -0.39 is 5.60 Å². The summed E-state index contributed by atoms with van der Waals surface area (Å²) >= 11 is 1.12. The van der Waals surface area contributed by atoms with Crippen LogP contribution in [-0.4, -0.2) is 59.7 Å². The third-order valence-corrected chi connectivity index (χ3v) is 4.60. The van der Waals surface area contributed by atoms with E-state index in [9.17, 15) is 4.79 Å². The highest BCUT2D eigenvalue weighted by Gasteiger charge is 2.43. The van der Waals surface area contributed by atoms with Crippen LogP contribution in [0.15, 0.2) is 16.2 Å². The summed E-state index contributed by atoms with van der Waals surface area (Å²) in [7, 11) is 0. The molecule has 7 nitrogen and oxygen atoms in total. The predicted molar refractivity (Wildman–Crippen MR) is 103 cm³/mol. The summed E-state index contributed by atoms with van der Waals surface area (Å²) < 4.78 is 11.5. The Balaban J connectivity index is 2.57. The van der Waals surface area contributed by atoms with Crippen LogP contribution in [0.25, 0.3) is 0 Å². The van der Waals surface area contributed by atoms with Gasteiger partial charge < -0.3 is 14.4 Å². The molecule has 2 N–H and O–H groups in total. The van der Waals surface area contributed by atoms with E-state index in [1.165, 1.54) is 0 Å². The lowest BCUT2D eigenvalue weighted by Gasteiger charge is -2.33. The van der Waals surface area contributed by atoms with E-state index in [1.807, 2.05) is 47.6 Å². The number of nitrogens with zero attached hydrogens (tertiary/aromatic N) is 3. The molecule has 0 aromatic carbocycles. The molecule has 1 saturated heterocycles. The monoisotopic (exact) mass is 372 g/mol. The van der Waals surface area contributed by atoms with Gasteiger partial charge in [0.1, 0.15) is 10.6 Å². The Kier molecular flexibility index (Phi) is 7.77. The number of carbonyl (C=O) groups is 1. The van der Waals surface area contributed by atoms with Crippen LogP contribution in [-0.2, 0) is 9.47 Å².